The van der Waals surface area contributed by atoms with Gasteiger partial charge in [-0.2, -0.15) is 0 Å². The zero-order valence-corrected chi connectivity index (χ0v) is 14.0. The Morgan fingerprint density at radius 2 is 1.50 bits per heavy atom. The summed E-state index contributed by atoms with van der Waals surface area (Å²) >= 11 is 0. The van der Waals surface area contributed by atoms with Gasteiger partial charge in [0.25, 0.3) is 11.8 Å². The predicted molar refractivity (Wildman–Crippen MR) is 84.4 cm³/mol. The lowest BCUT2D eigenvalue weighted by Gasteiger charge is -2.30. The van der Waals surface area contributed by atoms with Crippen molar-refractivity contribution >= 4 is 29.4 Å². The number of rotatable bonds is 5. The van der Waals surface area contributed by atoms with Crippen LogP contribution in [0.5, 0.6) is 0 Å². The molecule has 0 aromatic rings. The molecule has 7 nitrogen and oxygen atoms in total. The number of hydrogen-bond donors (Lipinski definition) is 0. The largest absolute Gasteiger partial charge is 0.297 e. The molecule has 1 fully saturated rings. The summed E-state index contributed by atoms with van der Waals surface area (Å²) in [6.45, 7) is 2.75. The van der Waals surface area contributed by atoms with E-state index in [0.717, 1.165) is 17.7 Å². The fraction of sp³-hybridized carbons (Fsp3) is 0.588. The van der Waals surface area contributed by atoms with Crippen LogP contribution in [-0.2, 0) is 24.0 Å². The minimum Gasteiger partial charge on any atom is -0.297 e. The highest BCUT2D eigenvalue weighted by Gasteiger charge is 2.32. The predicted octanol–water partition coefficient (Wildman–Crippen LogP) is 0.682. The Labute approximate surface area is 140 Å². The Balaban J connectivity index is 1.83. The van der Waals surface area contributed by atoms with Crippen LogP contribution < -0.4 is 0 Å². The van der Waals surface area contributed by atoms with Gasteiger partial charge >= 0.3 is 0 Å². The number of amides is 4. The van der Waals surface area contributed by atoms with Gasteiger partial charge in [0.05, 0.1) is 6.54 Å². The van der Waals surface area contributed by atoms with Gasteiger partial charge in [0, 0.05) is 38.5 Å². The van der Waals surface area contributed by atoms with E-state index in [-0.39, 0.29) is 36.0 Å². The average Bonchev–Trinajstić information content (AvgIpc) is 2.84. The van der Waals surface area contributed by atoms with Crippen molar-refractivity contribution in [1.82, 2.24) is 9.80 Å². The van der Waals surface area contributed by atoms with Gasteiger partial charge in [0.1, 0.15) is 0 Å². The van der Waals surface area contributed by atoms with Crippen LogP contribution in [0.15, 0.2) is 12.2 Å². The maximum Gasteiger partial charge on any atom is 0.253 e. The summed E-state index contributed by atoms with van der Waals surface area (Å²) in [6.07, 6.45) is 5.33. The van der Waals surface area contributed by atoms with E-state index < -0.39 is 11.8 Å². The van der Waals surface area contributed by atoms with Gasteiger partial charge in [-0.1, -0.05) is 0 Å². The van der Waals surface area contributed by atoms with E-state index in [2.05, 4.69) is 0 Å². The summed E-state index contributed by atoms with van der Waals surface area (Å²) in [4.78, 5) is 60.4. The molecule has 1 saturated carbocycles. The van der Waals surface area contributed by atoms with Crippen LogP contribution in [0.3, 0.4) is 0 Å². The van der Waals surface area contributed by atoms with Crippen molar-refractivity contribution in [3.05, 3.63) is 12.2 Å². The summed E-state index contributed by atoms with van der Waals surface area (Å²) in [5, 5.41) is 0. The van der Waals surface area contributed by atoms with Crippen LogP contribution in [0, 0.1) is 11.8 Å². The molecule has 1 heterocycles. The third-order valence-corrected chi connectivity index (χ3v) is 4.72. The van der Waals surface area contributed by atoms with Gasteiger partial charge in [0.15, 0.2) is 5.78 Å². The smallest absolute Gasteiger partial charge is 0.253 e. The van der Waals surface area contributed by atoms with Crippen molar-refractivity contribution in [3.63, 3.8) is 0 Å². The minimum absolute atomic E-state index is 0.103. The molecule has 0 N–H and O–H groups in total. The van der Waals surface area contributed by atoms with Crippen LogP contribution in [0.4, 0.5) is 0 Å². The number of imide groups is 2. The van der Waals surface area contributed by atoms with Crippen molar-refractivity contribution in [2.75, 3.05) is 13.1 Å². The van der Waals surface area contributed by atoms with E-state index in [1.165, 1.54) is 30.9 Å². The second kappa shape index (κ2) is 7.51. The van der Waals surface area contributed by atoms with Gasteiger partial charge in [-0.15, -0.1) is 0 Å². The first-order valence-corrected chi connectivity index (χ1v) is 8.14. The second-order valence-corrected chi connectivity index (χ2v) is 6.43. The lowest BCUT2D eigenvalue weighted by atomic mass is 9.79. The molecule has 0 radical (unpaired) electrons. The molecule has 2 rings (SSSR count). The molecule has 0 aromatic carbocycles. The van der Waals surface area contributed by atoms with Gasteiger partial charge in [-0.3, -0.25) is 33.8 Å². The molecule has 1 aliphatic heterocycles. The van der Waals surface area contributed by atoms with Gasteiger partial charge in [-0.05, 0) is 31.6 Å². The molecule has 130 valence electrons. The minimum atomic E-state index is -0.428. The molecule has 4 amide bonds. The Hall–Kier alpha value is -2.31. The molecular formula is C17H22N2O5. The summed E-state index contributed by atoms with van der Waals surface area (Å²) in [7, 11) is 0. The van der Waals surface area contributed by atoms with E-state index in [0.29, 0.717) is 19.4 Å². The molecule has 1 aliphatic carbocycles. The zero-order valence-electron chi connectivity index (χ0n) is 14.0. The highest BCUT2D eigenvalue weighted by Crippen LogP contribution is 2.30. The number of hydrogen-bond acceptors (Lipinski definition) is 5. The van der Waals surface area contributed by atoms with Crippen molar-refractivity contribution in [2.24, 2.45) is 11.8 Å². The summed E-state index contributed by atoms with van der Waals surface area (Å²) in [5.74, 6) is -1.50. The van der Waals surface area contributed by atoms with Crippen LogP contribution in [-0.4, -0.2) is 52.3 Å². The Morgan fingerprint density at radius 3 is 1.96 bits per heavy atom. The van der Waals surface area contributed by atoms with E-state index >= 15 is 0 Å². The fourth-order valence-electron chi connectivity index (χ4n) is 3.27. The molecule has 0 aromatic heterocycles. The maximum atomic E-state index is 12.3. The third kappa shape index (κ3) is 4.15. The van der Waals surface area contributed by atoms with Crippen LogP contribution in [0.25, 0.3) is 0 Å². The van der Waals surface area contributed by atoms with Gasteiger partial charge in [-0.25, -0.2) is 0 Å². The summed E-state index contributed by atoms with van der Waals surface area (Å²) in [6, 6.07) is 0. The second-order valence-electron chi connectivity index (χ2n) is 6.43. The molecule has 2 aliphatic rings. The Bertz CT molecular complexity index is 570. The monoisotopic (exact) mass is 334 g/mol. The van der Waals surface area contributed by atoms with Crippen LogP contribution in [0.2, 0.25) is 0 Å². The number of ketones is 1. The Morgan fingerprint density at radius 1 is 1.00 bits per heavy atom. The quantitative estimate of drug-likeness (QED) is 0.690. The molecule has 0 spiro atoms. The highest BCUT2D eigenvalue weighted by atomic mass is 16.2. The maximum absolute atomic E-state index is 12.3. The molecule has 7 heteroatoms. The lowest BCUT2D eigenvalue weighted by molar-refractivity contribution is -0.146. The van der Waals surface area contributed by atoms with E-state index in [4.69, 9.17) is 0 Å². The van der Waals surface area contributed by atoms with E-state index in [9.17, 15) is 24.0 Å². The summed E-state index contributed by atoms with van der Waals surface area (Å²) < 4.78 is 0. The standard InChI is InChI=1S/C17H22N2O5/c1-11(20)18(12(2)21)10-15(22)14-5-3-13(4-6-14)9-19-16(23)7-8-17(19)24/h7-8,13-14H,3-6,9-10H2,1-2H3. The van der Waals surface area contributed by atoms with Crippen molar-refractivity contribution in [2.45, 2.75) is 39.5 Å². The normalized spacial score (nSPS) is 23.5. The number of carbonyl (C=O) groups excluding carboxylic acids is 5. The highest BCUT2D eigenvalue weighted by molar-refractivity contribution is 6.12. The molecule has 0 atom stereocenters. The lowest BCUT2D eigenvalue weighted by Crippen LogP contribution is -2.41. The topological polar surface area (TPSA) is 91.8 Å². The molecule has 0 bridgehead atoms. The first-order valence-electron chi connectivity index (χ1n) is 8.14. The number of nitrogens with zero attached hydrogens (tertiary/aromatic N) is 2. The molecule has 0 saturated heterocycles. The SMILES string of the molecule is CC(=O)N(CC(=O)C1CCC(CN2C(=O)C=CC2=O)CC1)C(C)=O. The number of carbonyl (C=O) groups is 5. The Kier molecular flexibility index (Phi) is 5.64. The first-order chi connectivity index (χ1) is 11.3. The van der Waals surface area contributed by atoms with Crippen molar-refractivity contribution < 1.29 is 24.0 Å². The molecule has 24 heavy (non-hydrogen) atoms. The third-order valence-electron chi connectivity index (χ3n) is 4.72. The zero-order chi connectivity index (χ0) is 17.9. The van der Waals surface area contributed by atoms with Crippen LogP contribution >= 0.6 is 0 Å². The van der Waals surface area contributed by atoms with E-state index in [1.54, 1.807) is 0 Å². The summed E-state index contributed by atoms with van der Waals surface area (Å²) in [5.41, 5.74) is 0. The first kappa shape index (κ1) is 18.0. The fourth-order valence-corrected chi connectivity index (χ4v) is 3.27. The molecular weight excluding hydrogens is 312 g/mol. The molecule has 0 unspecified atom stereocenters. The van der Waals surface area contributed by atoms with Gasteiger partial charge in [0.2, 0.25) is 11.8 Å². The number of Topliss-reactive ketones (excluding diaryl/α,β-unsaturated/α-hetero) is 1. The van der Waals surface area contributed by atoms with Crippen molar-refractivity contribution in [1.29, 1.82) is 0 Å². The van der Waals surface area contributed by atoms with E-state index in [1.807, 2.05) is 0 Å². The average molecular weight is 334 g/mol. The van der Waals surface area contributed by atoms with Crippen LogP contribution in [0.1, 0.15) is 39.5 Å². The van der Waals surface area contributed by atoms with Crippen molar-refractivity contribution in [3.8, 4) is 0 Å². The van der Waals surface area contributed by atoms with Gasteiger partial charge < -0.3 is 0 Å².